The van der Waals surface area contributed by atoms with Crippen LogP contribution in [0.25, 0.3) is 0 Å². The standard InChI is InChI=1S/C18H27NOSi/c1-19-13-7-6-10-17(19)15-9-8-11-18(20-2)16(15)12-14-21(3,4)5/h8-9,11,17H,6-7,10,13H2,1-5H3. The fourth-order valence-corrected chi connectivity index (χ4v) is 3.35. The Morgan fingerprint density at radius 2 is 2.00 bits per heavy atom. The van der Waals surface area contributed by atoms with Gasteiger partial charge >= 0.3 is 0 Å². The number of piperidine rings is 1. The highest BCUT2D eigenvalue weighted by molar-refractivity contribution is 6.83. The van der Waals surface area contributed by atoms with Crippen molar-refractivity contribution in [2.24, 2.45) is 0 Å². The first-order valence-corrected chi connectivity index (χ1v) is 11.3. The van der Waals surface area contributed by atoms with Gasteiger partial charge in [-0.15, -0.1) is 5.54 Å². The van der Waals surface area contributed by atoms with Crippen molar-refractivity contribution in [3.63, 3.8) is 0 Å². The van der Waals surface area contributed by atoms with E-state index in [1.165, 1.54) is 31.4 Å². The molecule has 114 valence electrons. The Labute approximate surface area is 130 Å². The number of ether oxygens (including phenoxy) is 1. The molecule has 1 heterocycles. The van der Waals surface area contributed by atoms with E-state index < -0.39 is 8.07 Å². The highest BCUT2D eigenvalue weighted by Gasteiger charge is 2.24. The van der Waals surface area contributed by atoms with E-state index in [0.29, 0.717) is 6.04 Å². The number of hydrogen-bond donors (Lipinski definition) is 0. The van der Waals surface area contributed by atoms with Gasteiger partial charge in [0.1, 0.15) is 13.8 Å². The van der Waals surface area contributed by atoms with Gasteiger partial charge in [-0.1, -0.05) is 44.1 Å². The number of rotatable bonds is 2. The van der Waals surface area contributed by atoms with Gasteiger partial charge in [0, 0.05) is 6.04 Å². The van der Waals surface area contributed by atoms with Gasteiger partial charge in [0.05, 0.1) is 12.7 Å². The third-order valence-electron chi connectivity index (χ3n) is 3.97. The first-order chi connectivity index (χ1) is 9.92. The lowest BCUT2D eigenvalue weighted by Gasteiger charge is -2.33. The second-order valence-corrected chi connectivity index (χ2v) is 11.7. The molecule has 1 atom stereocenters. The molecule has 0 bridgehead atoms. The van der Waals surface area contributed by atoms with Crippen LogP contribution in [0.4, 0.5) is 0 Å². The second kappa shape index (κ2) is 6.68. The molecule has 1 saturated heterocycles. The molecule has 2 rings (SSSR count). The minimum atomic E-state index is -1.40. The summed E-state index contributed by atoms with van der Waals surface area (Å²) in [6.07, 6.45) is 3.81. The van der Waals surface area contributed by atoms with E-state index in [9.17, 15) is 0 Å². The quantitative estimate of drug-likeness (QED) is 0.603. The van der Waals surface area contributed by atoms with Crippen molar-refractivity contribution in [3.05, 3.63) is 29.3 Å². The molecule has 1 fully saturated rings. The molecular formula is C18H27NOSi. The van der Waals surface area contributed by atoms with Gasteiger partial charge in [0.2, 0.25) is 0 Å². The Kier molecular flexibility index (Phi) is 5.13. The summed E-state index contributed by atoms with van der Waals surface area (Å²) >= 11 is 0. The van der Waals surface area contributed by atoms with Gasteiger partial charge in [0.15, 0.2) is 0 Å². The van der Waals surface area contributed by atoms with E-state index >= 15 is 0 Å². The van der Waals surface area contributed by atoms with E-state index in [2.05, 4.69) is 55.2 Å². The van der Waals surface area contributed by atoms with Crippen LogP contribution in [0.5, 0.6) is 5.75 Å². The molecule has 0 saturated carbocycles. The van der Waals surface area contributed by atoms with Crippen molar-refractivity contribution in [3.8, 4) is 17.2 Å². The Bertz CT molecular complexity index is 551. The number of likely N-dealkylation sites (tertiary alicyclic amines) is 1. The Morgan fingerprint density at radius 3 is 2.62 bits per heavy atom. The number of nitrogens with zero attached hydrogens (tertiary/aromatic N) is 1. The van der Waals surface area contributed by atoms with Crippen LogP contribution in [0.15, 0.2) is 18.2 Å². The number of hydrogen-bond acceptors (Lipinski definition) is 2. The van der Waals surface area contributed by atoms with E-state index in [1.54, 1.807) is 7.11 Å². The molecule has 1 aliphatic heterocycles. The Morgan fingerprint density at radius 1 is 1.24 bits per heavy atom. The maximum Gasteiger partial charge on any atom is 0.134 e. The molecule has 0 radical (unpaired) electrons. The summed E-state index contributed by atoms with van der Waals surface area (Å²) < 4.78 is 5.57. The maximum atomic E-state index is 5.57. The first kappa shape index (κ1) is 16.1. The van der Waals surface area contributed by atoms with Crippen molar-refractivity contribution in [2.75, 3.05) is 20.7 Å². The normalized spacial score (nSPS) is 19.8. The fourth-order valence-electron chi connectivity index (χ4n) is 2.85. The van der Waals surface area contributed by atoms with Crippen LogP contribution in [0.3, 0.4) is 0 Å². The van der Waals surface area contributed by atoms with Crippen molar-refractivity contribution in [1.29, 1.82) is 0 Å². The van der Waals surface area contributed by atoms with E-state index in [-0.39, 0.29) is 0 Å². The smallest absolute Gasteiger partial charge is 0.134 e. The molecule has 0 aliphatic carbocycles. The molecular weight excluding hydrogens is 274 g/mol. The predicted octanol–water partition coefficient (Wildman–Crippen LogP) is 4.08. The molecule has 3 heteroatoms. The third-order valence-corrected chi connectivity index (χ3v) is 4.85. The minimum Gasteiger partial charge on any atom is -0.495 e. The molecule has 0 spiro atoms. The zero-order valence-electron chi connectivity index (χ0n) is 14.0. The summed E-state index contributed by atoms with van der Waals surface area (Å²) in [6.45, 7) is 8.01. The average Bonchev–Trinajstić information content (AvgIpc) is 2.44. The monoisotopic (exact) mass is 301 g/mol. The fraction of sp³-hybridized carbons (Fsp3) is 0.556. The Hall–Kier alpha value is -1.24. The third kappa shape index (κ3) is 4.12. The highest BCUT2D eigenvalue weighted by Crippen LogP contribution is 2.34. The zero-order valence-corrected chi connectivity index (χ0v) is 15.0. The van der Waals surface area contributed by atoms with Crippen LogP contribution >= 0.6 is 0 Å². The van der Waals surface area contributed by atoms with Gasteiger partial charge in [-0.25, -0.2) is 0 Å². The number of benzene rings is 1. The Balaban J connectivity index is 2.47. The van der Waals surface area contributed by atoms with Crippen LogP contribution in [-0.2, 0) is 0 Å². The largest absolute Gasteiger partial charge is 0.495 e. The topological polar surface area (TPSA) is 12.5 Å². The van der Waals surface area contributed by atoms with Crippen molar-refractivity contribution in [1.82, 2.24) is 4.90 Å². The lowest BCUT2D eigenvalue weighted by atomic mass is 9.92. The van der Waals surface area contributed by atoms with E-state index in [4.69, 9.17) is 4.74 Å². The average molecular weight is 302 g/mol. The molecule has 0 aromatic heterocycles. The van der Waals surface area contributed by atoms with Gasteiger partial charge in [-0.05, 0) is 38.1 Å². The molecule has 1 unspecified atom stereocenters. The molecule has 2 nitrogen and oxygen atoms in total. The summed E-state index contributed by atoms with van der Waals surface area (Å²) in [4.78, 5) is 2.46. The van der Waals surface area contributed by atoms with Crippen LogP contribution in [0.1, 0.15) is 36.4 Å². The summed E-state index contributed by atoms with van der Waals surface area (Å²) in [5.74, 6) is 4.36. The highest BCUT2D eigenvalue weighted by atomic mass is 28.3. The minimum absolute atomic E-state index is 0.472. The zero-order chi connectivity index (χ0) is 15.5. The molecule has 0 amide bonds. The molecule has 0 N–H and O–H groups in total. The number of methoxy groups -OCH3 is 1. The van der Waals surface area contributed by atoms with Gasteiger partial charge in [0.25, 0.3) is 0 Å². The van der Waals surface area contributed by atoms with Crippen LogP contribution in [0.2, 0.25) is 19.6 Å². The predicted molar refractivity (Wildman–Crippen MR) is 92.4 cm³/mol. The van der Waals surface area contributed by atoms with Crippen LogP contribution < -0.4 is 4.74 Å². The summed E-state index contributed by atoms with van der Waals surface area (Å²) in [6, 6.07) is 6.82. The first-order valence-electron chi connectivity index (χ1n) is 7.82. The molecule has 1 aromatic carbocycles. The summed E-state index contributed by atoms with van der Waals surface area (Å²) in [5, 5.41) is 0. The van der Waals surface area contributed by atoms with E-state index in [0.717, 1.165) is 11.3 Å². The van der Waals surface area contributed by atoms with Crippen LogP contribution in [-0.4, -0.2) is 33.7 Å². The van der Waals surface area contributed by atoms with Crippen molar-refractivity contribution < 1.29 is 4.74 Å². The lowest BCUT2D eigenvalue weighted by Crippen LogP contribution is -2.30. The summed E-state index contributed by atoms with van der Waals surface area (Å²) in [5.41, 5.74) is 5.93. The molecule has 21 heavy (non-hydrogen) atoms. The van der Waals surface area contributed by atoms with Gasteiger partial charge in [-0.2, -0.15) is 0 Å². The SMILES string of the molecule is COc1cccc(C2CCCCN2C)c1C#C[Si](C)(C)C. The molecule has 1 aliphatic rings. The van der Waals surface area contributed by atoms with Crippen LogP contribution in [0, 0.1) is 11.5 Å². The maximum absolute atomic E-state index is 5.57. The van der Waals surface area contributed by atoms with Crippen molar-refractivity contribution >= 4 is 8.07 Å². The van der Waals surface area contributed by atoms with Gasteiger partial charge in [-0.3, -0.25) is 4.90 Å². The molecule has 1 aromatic rings. The van der Waals surface area contributed by atoms with E-state index in [1.807, 2.05) is 6.07 Å². The summed E-state index contributed by atoms with van der Waals surface area (Å²) in [7, 11) is 2.57. The van der Waals surface area contributed by atoms with Crippen molar-refractivity contribution in [2.45, 2.75) is 44.9 Å². The second-order valence-electron chi connectivity index (χ2n) is 6.92. The van der Waals surface area contributed by atoms with Gasteiger partial charge < -0.3 is 4.74 Å². The lowest BCUT2D eigenvalue weighted by molar-refractivity contribution is 0.187.